The van der Waals surface area contributed by atoms with E-state index in [4.69, 9.17) is 10.5 Å². The molecule has 6 heteroatoms. The van der Waals surface area contributed by atoms with E-state index in [1.165, 1.54) is 7.11 Å². The lowest BCUT2D eigenvalue weighted by molar-refractivity contribution is 0.0949. The highest BCUT2D eigenvalue weighted by molar-refractivity contribution is 5.95. The summed E-state index contributed by atoms with van der Waals surface area (Å²) in [4.78, 5) is 12.0. The van der Waals surface area contributed by atoms with Crippen LogP contribution in [0.25, 0.3) is 0 Å². The number of nitrogens with two attached hydrogens (primary N) is 1. The normalized spacial score (nSPS) is 10.2. The van der Waals surface area contributed by atoms with Crippen molar-refractivity contribution in [2.24, 2.45) is 7.05 Å². The molecule has 0 aliphatic carbocycles. The molecule has 100 valence electrons. The number of anilines is 1. The highest BCUT2D eigenvalue weighted by Gasteiger charge is 2.09. The number of carbonyl (C=O) groups is 1. The second-order valence-electron chi connectivity index (χ2n) is 4.12. The molecule has 1 heterocycles. The van der Waals surface area contributed by atoms with E-state index in [9.17, 15) is 4.79 Å². The number of aryl methyl sites for hydroxylation is 1. The fraction of sp³-hybridized carbons (Fsp3) is 0.231. The minimum Gasteiger partial charge on any atom is -0.497 e. The molecule has 0 fully saturated rings. The van der Waals surface area contributed by atoms with Crippen LogP contribution in [0.5, 0.6) is 5.75 Å². The molecule has 1 amide bonds. The van der Waals surface area contributed by atoms with Gasteiger partial charge in [-0.25, -0.2) is 0 Å². The van der Waals surface area contributed by atoms with Crippen LogP contribution in [0.2, 0.25) is 0 Å². The molecule has 2 aromatic rings. The van der Waals surface area contributed by atoms with Gasteiger partial charge in [0.1, 0.15) is 5.75 Å². The average molecular weight is 260 g/mol. The van der Waals surface area contributed by atoms with Crippen LogP contribution in [0, 0.1) is 0 Å². The van der Waals surface area contributed by atoms with Crippen LogP contribution in [0.15, 0.2) is 30.5 Å². The summed E-state index contributed by atoms with van der Waals surface area (Å²) in [6.45, 7) is 0.409. The van der Waals surface area contributed by atoms with Crippen molar-refractivity contribution in [3.63, 3.8) is 0 Å². The van der Waals surface area contributed by atoms with Gasteiger partial charge in [-0.3, -0.25) is 9.48 Å². The first-order valence-corrected chi connectivity index (χ1v) is 5.80. The molecule has 0 bridgehead atoms. The summed E-state index contributed by atoms with van der Waals surface area (Å²) >= 11 is 0. The number of nitrogen functional groups attached to an aromatic ring is 1. The molecule has 0 radical (unpaired) electrons. The van der Waals surface area contributed by atoms with E-state index in [1.54, 1.807) is 29.1 Å². The monoisotopic (exact) mass is 260 g/mol. The van der Waals surface area contributed by atoms with Crippen molar-refractivity contribution < 1.29 is 9.53 Å². The second-order valence-corrected chi connectivity index (χ2v) is 4.12. The lowest BCUT2D eigenvalue weighted by atomic mass is 10.1. The summed E-state index contributed by atoms with van der Waals surface area (Å²) in [5.41, 5.74) is 7.60. The number of benzene rings is 1. The third-order valence-electron chi connectivity index (χ3n) is 2.78. The van der Waals surface area contributed by atoms with Crippen LogP contribution in [0.1, 0.15) is 16.1 Å². The quantitative estimate of drug-likeness (QED) is 0.801. The molecule has 0 saturated carbocycles. The zero-order chi connectivity index (χ0) is 13.8. The van der Waals surface area contributed by atoms with Gasteiger partial charge in [0, 0.05) is 30.6 Å². The predicted molar refractivity (Wildman–Crippen MR) is 71.8 cm³/mol. The van der Waals surface area contributed by atoms with E-state index < -0.39 is 0 Å². The standard InChI is InChI=1S/C13H16N4O2/c1-17-11(3-4-16-17)8-15-13(18)9-5-10(14)7-12(6-9)19-2/h3-7H,8,14H2,1-2H3,(H,15,18). The van der Waals surface area contributed by atoms with Crippen LogP contribution in [-0.2, 0) is 13.6 Å². The molecule has 0 saturated heterocycles. The summed E-state index contributed by atoms with van der Waals surface area (Å²) in [7, 11) is 3.36. The number of nitrogens with one attached hydrogen (secondary N) is 1. The molecule has 6 nitrogen and oxygen atoms in total. The van der Waals surface area contributed by atoms with Crippen molar-refractivity contribution in [1.82, 2.24) is 15.1 Å². The molecule has 0 aliphatic heterocycles. The first-order valence-electron chi connectivity index (χ1n) is 5.80. The smallest absolute Gasteiger partial charge is 0.251 e. The van der Waals surface area contributed by atoms with Gasteiger partial charge in [0.2, 0.25) is 0 Å². The summed E-state index contributed by atoms with van der Waals surface area (Å²) in [6.07, 6.45) is 1.69. The first kappa shape index (κ1) is 12.9. The van der Waals surface area contributed by atoms with E-state index in [2.05, 4.69) is 10.4 Å². The summed E-state index contributed by atoms with van der Waals surface area (Å²) < 4.78 is 6.79. The van der Waals surface area contributed by atoms with Gasteiger partial charge in [-0.1, -0.05) is 0 Å². The number of amides is 1. The predicted octanol–water partition coefficient (Wildman–Crippen LogP) is 0.941. The van der Waals surface area contributed by atoms with Gasteiger partial charge in [0.25, 0.3) is 5.91 Å². The maximum absolute atomic E-state index is 12.0. The molecule has 2 rings (SSSR count). The highest BCUT2D eigenvalue weighted by Crippen LogP contribution is 2.18. The topological polar surface area (TPSA) is 82.2 Å². The molecule has 0 atom stereocenters. The van der Waals surface area contributed by atoms with E-state index in [1.807, 2.05) is 13.1 Å². The minimum atomic E-state index is -0.202. The Hall–Kier alpha value is -2.50. The highest BCUT2D eigenvalue weighted by atomic mass is 16.5. The van der Waals surface area contributed by atoms with Gasteiger partial charge in [-0.2, -0.15) is 5.10 Å². The van der Waals surface area contributed by atoms with E-state index in [0.29, 0.717) is 23.5 Å². The number of hydrogen-bond acceptors (Lipinski definition) is 4. The number of rotatable bonds is 4. The Kier molecular flexibility index (Phi) is 3.70. The van der Waals surface area contributed by atoms with E-state index >= 15 is 0 Å². The number of methoxy groups -OCH3 is 1. The third-order valence-corrected chi connectivity index (χ3v) is 2.78. The molecule has 0 unspecified atom stereocenters. The van der Waals surface area contributed by atoms with Gasteiger partial charge in [0.15, 0.2) is 0 Å². The zero-order valence-corrected chi connectivity index (χ0v) is 10.9. The lowest BCUT2D eigenvalue weighted by Gasteiger charge is -2.08. The molecule has 1 aromatic heterocycles. The van der Waals surface area contributed by atoms with Crippen LogP contribution in [-0.4, -0.2) is 22.8 Å². The Morgan fingerprint density at radius 3 is 2.89 bits per heavy atom. The number of hydrogen-bond donors (Lipinski definition) is 2. The fourth-order valence-electron chi connectivity index (χ4n) is 1.72. The van der Waals surface area contributed by atoms with Gasteiger partial charge in [-0.15, -0.1) is 0 Å². The first-order chi connectivity index (χ1) is 9.10. The van der Waals surface area contributed by atoms with Crippen LogP contribution in [0.3, 0.4) is 0 Å². The largest absolute Gasteiger partial charge is 0.497 e. The van der Waals surface area contributed by atoms with Crippen molar-refractivity contribution in [1.29, 1.82) is 0 Å². The molecular formula is C13H16N4O2. The number of aromatic nitrogens is 2. The zero-order valence-electron chi connectivity index (χ0n) is 10.9. The van der Waals surface area contributed by atoms with Crippen LogP contribution >= 0.6 is 0 Å². The maximum Gasteiger partial charge on any atom is 0.251 e. The van der Waals surface area contributed by atoms with Crippen molar-refractivity contribution >= 4 is 11.6 Å². The van der Waals surface area contributed by atoms with Crippen LogP contribution in [0.4, 0.5) is 5.69 Å². The Balaban J connectivity index is 2.08. The Morgan fingerprint density at radius 2 is 2.26 bits per heavy atom. The Labute approximate surface area is 111 Å². The Morgan fingerprint density at radius 1 is 1.47 bits per heavy atom. The molecular weight excluding hydrogens is 244 g/mol. The second kappa shape index (κ2) is 5.43. The molecule has 1 aromatic carbocycles. The van der Waals surface area contributed by atoms with Gasteiger partial charge in [-0.05, 0) is 18.2 Å². The minimum absolute atomic E-state index is 0.202. The van der Waals surface area contributed by atoms with Gasteiger partial charge >= 0.3 is 0 Å². The number of nitrogens with zero attached hydrogens (tertiary/aromatic N) is 2. The maximum atomic E-state index is 12.0. The molecule has 0 aliphatic rings. The van der Waals surface area contributed by atoms with Gasteiger partial charge < -0.3 is 15.8 Å². The average Bonchev–Trinajstić information content (AvgIpc) is 2.80. The molecule has 3 N–H and O–H groups in total. The van der Waals surface area contributed by atoms with Gasteiger partial charge in [0.05, 0.1) is 19.3 Å². The van der Waals surface area contributed by atoms with Crippen molar-refractivity contribution in [3.8, 4) is 5.75 Å². The SMILES string of the molecule is COc1cc(N)cc(C(=O)NCc2ccnn2C)c1. The van der Waals surface area contributed by atoms with Crippen molar-refractivity contribution in [3.05, 3.63) is 41.7 Å². The fourth-order valence-corrected chi connectivity index (χ4v) is 1.72. The molecule has 19 heavy (non-hydrogen) atoms. The summed E-state index contributed by atoms with van der Waals surface area (Å²) in [5, 5.41) is 6.84. The molecule has 0 spiro atoms. The number of ether oxygens (including phenoxy) is 1. The van der Waals surface area contributed by atoms with Crippen molar-refractivity contribution in [2.45, 2.75) is 6.54 Å². The third kappa shape index (κ3) is 3.04. The van der Waals surface area contributed by atoms with E-state index in [-0.39, 0.29) is 5.91 Å². The summed E-state index contributed by atoms with van der Waals surface area (Å²) in [5.74, 6) is 0.359. The Bertz CT molecular complexity index is 592. The number of carbonyl (C=O) groups excluding carboxylic acids is 1. The van der Waals surface area contributed by atoms with Crippen LogP contribution < -0.4 is 15.8 Å². The lowest BCUT2D eigenvalue weighted by Crippen LogP contribution is -2.24. The van der Waals surface area contributed by atoms with Crippen molar-refractivity contribution in [2.75, 3.05) is 12.8 Å². The van der Waals surface area contributed by atoms with E-state index in [0.717, 1.165) is 5.69 Å². The summed E-state index contributed by atoms with van der Waals surface area (Å²) in [6, 6.07) is 6.77.